The van der Waals surface area contributed by atoms with Gasteiger partial charge in [0.1, 0.15) is 23.3 Å². The van der Waals surface area contributed by atoms with Crippen molar-refractivity contribution in [3.8, 4) is 11.5 Å². The number of carbonyl (C=O) groups excluding carboxylic acids is 4. The quantitative estimate of drug-likeness (QED) is 0.425. The van der Waals surface area contributed by atoms with Gasteiger partial charge in [-0.2, -0.15) is 0 Å². The van der Waals surface area contributed by atoms with Crippen molar-refractivity contribution >= 4 is 34.5 Å². The Hall–Kier alpha value is -3.82. The Balaban J connectivity index is 1.45. The lowest BCUT2D eigenvalue weighted by Crippen LogP contribution is -2.45. The summed E-state index contributed by atoms with van der Waals surface area (Å²) in [4.78, 5) is 54.7. The van der Waals surface area contributed by atoms with Crippen molar-refractivity contribution < 1.29 is 38.1 Å². The number of amides is 2. The van der Waals surface area contributed by atoms with Crippen molar-refractivity contribution in [2.75, 3.05) is 26.3 Å². The van der Waals surface area contributed by atoms with E-state index in [1.807, 2.05) is 24.3 Å². The first-order valence-corrected chi connectivity index (χ1v) is 14.5. The summed E-state index contributed by atoms with van der Waals surface area (Å²) in [5.41, 5.74) is -1.30. The third-order valence-corrected chi connectivity index (χ3v) is 7.02. The van der Waals surface area contributed by atoms with Gasteiger partial charge in [0.25, 0.3) is 11.8 Å². The molecule has 2 heterocycles. The van der Waals surface area contributed by atoms with E-state index in [0.717, 1.165) is 10.8 Å². The maximum atomic E-state index is 13.2. The first-order valence-electron chi connectivity index (χ1n) is 14.5. The molecular formula is C32H42N2O8. The Labute approximate surface area is 247 Å². The monoisotopic (exact) mass is 582 g/mol. The van der Waals surface area contributed by atoms with E-state index in [-0.39, 0.29) is 25.0 Å². The second-order valence-corrected chi connectivity index (χ2v) is 12.8. The molecule has 228 valence electrons. The molecule has 4 rings (SSSR count). The van der Waals surface area contributed by atoms with Gasteiger partial charge < -0.3 is 28.7 Å². The van der Waals surface area contributed by atoms with Crippen LogP contribution in [0.4, 0.5) is 0 Å². The third kappa shape index (κ3) is 7.92. The predicted molar refractivity (Wildman–Crippen MR) is 156 cm³/mol. The average molecular weight is 583 g/mol. The molecule has 0 N–H and O–H groups in total. The molecule has 0 aromatic heterocycles. The van der Waals surface area contributed by atoms with Gasteiger partial charge in [0.05, 0.1) is 0 Å². The molecule has 42 heavy (non-hydrogen) atoms. The number of likely N-dealkylation sites (tertiary alicyclic amines) is 2. The molecule has 2 fully saturated rings. The molecule has 2 saturated heterocycles. The summed E-state index contributed by atoms with van der Waals surface area (Å²) in [6.45, 7) is 11.0. The Morgan fingerprint density at radius 1 is 0.690 bits per heavy atom. The van der Waals surface area contributed by atoms with Gasteiger partial charge in [-0.15, -0.1) is 0 Å². The zero-order chi connectivity index (χ0) is 30.7. The van der Waals surface area contributed by atoms with Crippen LogP contribution in [-0.2, 0) is 28.7 Å². The van der Waals surface area contributed by atoms with Gasteiger partial charge in [0, 0.05) is 13.1 Å². The van der Waals surface area contributed by atoms with Crippen LogP contribution in [0, 0.1) is 0 Å². The number of hydrogen-bond donors (Lipinski definition) is 0. The highest BCUT2D eigenvalue weighted by atomic mass is 16.6. The van der Waals surface area contributed by atoms with Gasteiger partial charge in [-0.25, -0.2) is 9.59 Å². The number of hydrogen-bond acceptors (Lipinski definition) is 8. The summed E-state index contributed by atoms with van der Waals surface area (Å²) in [7, 11) is 0. The molecule has 0 spiro atoms. The Morgan fingerprint density at radius 3 is 1.43 bits per heavy atom. The molecule has 2 aromatic carbocycles. The summed E-state index contributed by atoms with van der Waals surface area (Å²) in [5.74, 6) is -0.922. The number of nitrogens with zero attached hydrogens (tertiary/aromatic N) is 2. The Bertz CT molecular complexity index is 1230. The summed E-state index contributed by atoms with van der Waals surface area (Å²) < 4.78 is 22.9. The minimum Gasteiger partial charge on any atom is -0.480 e. The molecule has 0 saturated carbocycles. The predicted octanol–water partition coefficient (Wildman–Crippen LogP) is 4.26. The van der Waals surface area contributed by atoms with Crippen LogP contribution in [0.2, 0.25) is 0 Å². The minimum atomic E-state index is -0.651. The molecule has 0 bridgehead atoms. The van der Waals surface area contributed by atoms with Crippen molar-refractivity contribution in [3.05, 3.63) is 36.4 Å². The number of carbonyl (C=O) groups is 4. The van der Waals surface area contributed by atoms with Crippen molar-refractivity contribution in [1.29, 1.82) is 0 Å². The highest BCUT2D eigenvalue weighted by Gasteiger charge is 2.38. The van der Waals surface area contributed by atoms with Gasteiger partial charge >= 0.3 is 11.9 Å². The van der Waals surface area contributed by atoms with Crippen LogP contribution < -0.4 is 9.47 Å². The lowest BCUT2D eigenvalue weighted by Gasteiger charge is -2.28. The van der Waals surface area contributed by atoms with Gasteiger partial charge in [0.2, 0.25) is 0 Å². The van der Waals surface area contributed by atoms with E-state index in [1.165, 1.54) is 9.80 Å². The SMILES string of the molecule is CC(C)(C)OC(=O)C1CCCN1C(=O)COc1cc2ccccc2cc1OCC(=O)N1CCCC1C(=O)OC(C)(C)C. The van der Waals surface area contributed by atoms with Gasteiger partial charge in [0.15, 0.2) is 24.7 Å². The maximum Gasteiger partial charge on any atom is 0.329 e. The van der Waals surface area contributed by atoms with E-state index >= 15 is 0 Å². The molecule has 2 aromatic rings. The van der Waals surface area contributed by atoms with Crippen LogP contribution in [0.5, 0.6) is 11.5 Å². The van der Waals surface area contributed by atoms with E-state index in [2.05, 4.69) is 0 Å². The van der Waals surface area contributed by atoms with E-state index in [0.29, 0.717) is 50.3 Å². The van der Waals surface area contributed by atoms with Gasteiger partial charge in [-0.1, -0.05) is 24.3 Å². The minimum absolute atomic E-state index is 0.299. The van der Waals surface area contributed by atoms with E-state index in [1.54, 1.807) is 53.7 Å². The lowest BCUT2D eigenvalue weighted by atomic mass is 10.1. The molecule has 2 atom stereocenters. The molecule has 10 heteroatoms. The van der Waals surface area contributed by atoms with Crippen LogP contribution in [0.25, 0.3) is 10.8 Å². The summed E-state index contributed by atoms with van der Waals surface area (Å²) >= 11 is 0. The smallest absolute Gasteiger partial charge is 0.329 e. The molecule has 2 amide bonds. The van der Waals surface area contributed by atoms with Crippen molar-refractivity contribution in [2.45, 2.75) is 90.5 Å². The first kappa shape index (κ1) is 31.1. The topological polar surface area (TPSA) is 112 Å². The third-order valence-electron chi connectivity index (χ3n) is 7.02. The summed E-state index contributed by atoms with van der Waals surface area (Å²) in [6, 6.07) is 9.82. The number of fused-ring (bicyclic) bond motifs is 1. The van der Waals surface area contributed by atoms with Crippen LogP contribution in [0.15, 0.2) is 36.4 Å². The summed E-state index contributed by atoms with van der Waals surface area (Å²) in [6.07, 6.45) is 2.47. The molecule has 2 unspecified atom stereocenters. The van der Waals surface area contributed by atoms with Crippen LogP contribution >= 0.6 is 0 Å². The highest BCUT2D eigenvalue weighted by molar-refractivity contribution is 5.89. The lowest BCUT2D eigenvalue weighted by molar-refractivity contribution is -0.164. The Kier molecular flexibility index (Phi) is 9.33. The number of benzene rings is 2. The highest BCUT2D eigenvalue weighted by Crippen LogP contribution is 2.33. The summed E-state index contributed by atoms with van der Waals surface area (Å²) in [5, 5.41) is 1.74. The van der Waals surface area contributed by atoms with Gasteiger partial charge in [-0.05, 0) is 90.1 Å². The fraction of sp³-hybridized carbons (Fsp3) is 0.562. The van der Waals surface area contributed by atoms with Gasteiger partial charge in [-0.3, -0.25) is 9.59 Å². The fourth-order valence-corrected chi connectivity index (χ4v) is 5.23. The maximum absolute atomic E-state index is 13.2. The first-order chi connectivity index (χ1) is 19.7. The Morgan fingerprint density at radius 2 is 1.07 bits per heavy atom. The number of esters is 2. The zero-order valence-corrected chi connectivity index (χ0v) is 25.4. The number of ether oxygens (including phenoxy) is 4. The van der Waals surface area contributed by atoms with Crippen molar-refractivity contribution in [2.24, 2.45) is 0 Å². The van der Waals surface area contributed by atoms with E-state index in [4.69, 9.17) is 18.9 Å². The second-order valence-electron chi connectivity index (χ2n) is 12.8. The van der Waals surface area contributed by atoms with Crippen molar-refractivity contribution in [3.63, 3.8) is 0 Å². The van der Waals surface area contributed by atoms with Crippen LogP contribution in [0.1, 0.15) is 67.2 Å². The van der Waals surface area contributed by atoms with Crippen LogP contribution in [0.3, 0.4) is 0 Å². The standard InChI is InChI=1S/C32H42N2O8/c1-31(2,3)41-29(37)23-13-9-15-33(23)27(35)19-39-25-17-21-11-7-8-12-22(21)18-26(25)40-20-28(36)34-16-10-14-24(34)30(38)42-32(4,5)6/h7-8,11-12,17-18,23-24H,9-10,13-16,19-20H2,1-6H3. The van der Waals surface area contributed by atoms with E-state index in [9.17, 15) is 19.2 Å². The average Bonchev–Trinajstić information content (AvgIpc) is 3.59. The molecule has 2 aliphatic rings. The molecule has 2 aliphatic heterocycles. The largest absolute Gasteiger partial charge is 0.480 e. The number of rotatable bonds is 8. The fourth-order valence-electron chi connectivity index (χ4n) is 5.23. The zero-order valence-electron chi connectivity index (χ0n) is 25.4. The van der Waals surface area contributed by atoms with Crippen molar-refractivity contribution in [1.82, 2.24) is 9.80 Å². The normalized spacial score (nSPS) is 19.1. The molecule has 0 aliphatic carbocycles. The molecule has 0 radical (unpaired) electrons. The second kappa shape index (κ2) is 12.6. The van der Waals surface area contributed by atoms with E-state index < -0.39 is 35.2 Å². The molecular weight excluding hydrogens is 540 g/mol. The van der Waals surface area contributed by atoms with Crippen LogP contribution in [-0.4, -0.2) is 83.1 Å². The molecule has 10 nitrogen and oxygen atoms in total.